The highest BCUT2D eigenvalue weighted by Gasteiger charge is 2.30. The van der Waals surface area contributed by atoms with Crippen molar-refractivity contribution >= 4 is 31.2 Å². The predicted molar refractivity (Wildman–Crippen MR) is 61.9 cm³/mol. The average Bonchev–Trinajstić information content (AvgIpc) is 2.25. The zero-order valence-electron chi connectivity index (χ0n) is 8.55. The maximum Gasteiger partial charge on any atom is 0.296 e. The molecule has 0 aromatic heterocycles. The third-order valence-electron chi connectivity index (χ3n) is 2.55. The maximum atomic E-state index is 11.4. The molecule has 0 atom stereocenters. The molecule has 0 spiro atoms. The summed E-state index contributed by atoms with van der Waals surface area (Å²) in [4.78, 5) is 14.3. The fraction of sp³-hybridized carbons (Fsp3) is 0.200. The summed E-state index contributed by atoms with van der Waals surface area (Å²) < 4.78 is 22.7. The summed E-state index contributed by atoms with van der Waals surface area (Å²) in [7, 11) is 1.32. The van der Waals surface area contributed by atoms with Crippen molar-refractivity contribution in [3.8, 4) is 0 Å². The van der Waals surface area contributed by atoms with Crippen LogP contribution in [0.15, 0.2) is 34.3 Å². The van der Waals surface area contributed by atoms with E-state index in [4.69, 9.17) is 16.2 Å². The first-order valence-electron chi connectivity index (χ1n) is 4.72. The molecular weight excluding hydrogens is 264 g/mol. The number of rotatable bonds is 1. The molecule has 2 rings (SSSR count). The second kappa shape index (κ2) is 4.07. The van der Waals surface area contributed by atoms with Crippen LogP contribution in [0, 0.1) is 0 Å². The van der Waals surface area contributed by atoms with Crippen molar-refractivity contribution in [2.45, 2.75) is 12.8 Å². The molecule has 17 heavy (non-hydrogen) atoms. The van der Waals surface area contributed by atoms with E-state index in [-0.39, 0.29) is 23.5 Å². The minimum Gasteiger partial charge on any atom is -0.361 e. The van der Waals surface area contributed by atoms with Crippen molar-refractivity contribution in [2.75, 3.05) is 0 Å². The monoisotopic (exact) mass is 270 g/mol. The van der Waals surface area contributed by atoms with Gasteiger partial charge in [0.15, 0.2) is 5.78 Å². The van der Waals surface area contributed by atoms with E-state index in [1.54, 1.807) is 0 Å². The molecule has 0 heterocycles. The van der Waals surface area contributed by atoms with Crippen LogP contribution in [-0.4, -0.2) is 24.7 Å². The van der Waals surface area contributed by atoms with Crippen LogP contribution in [0.2, 0.25) is 0 Å². The minimum absolute atomic E-state index is 0.120. The van der Waals surface area contributed by atoms with Crippen LogP contribution in [-0.2, 0) is 13.8 Å². The lowest BCUT2D eigenvalue weighted by molar-refractivity contribution is -0.114. The molecule has 0 amide bonds. The summed E-state index contributed by atoms with van der Waals surface area (Å²) in [6.07, 6.45) is 4.38. The summed E-state index contributed by atoms with van der Waals surface area (Å²) in [6, 6.07) is 0. The number of allylic oxidation sites excluding steroid dienone is 5. The Morgan fingerprint density at radius 1 is 1.29 bits per heavy atom. The minimum atomic E-state index is -3.95. The molecule has 0 saturated carbocycles. The molecular formula is C10H7ClN2O3S. The Morgan fingerprint density at radius 3 is 2.59 bits per heavy atom. The molecule has 7 heteroatoms. The number of carbonyl (C=O) groups excluding carboxylic acids is 1. The molecule has 0 bridgehead atoms. The van der Waals surface area contributed by atoms with Gasteiger partial charge in [-0.1, -0.05) is 0 Å². The second-order valence-electron chi connectivity index (χ2n) is 3.71. The summed E-state index contributed by atoms with van der Waals surface area (Å²) in [6.45, 7) is 0. The van der Waals surface area contributed by atoms with E-state index >= 15 is 0 Å². The Morgan fingerprint density at radius 2 is 2.00 bits per heavy atom. The van der Waals surface area contributed by atoms with Crippen LogP contribution in [0.4, 0.5) is 0 Å². The van der Waals surface area contributed by atoms with E-state index in [2.05, 4.69) is 4.79 Å². The number of carbonyl (C=O) groups is 1. The van der Waals surface area contributed by atoms with E-state index in [0.717, 1.165) is 6.08 Å². The molecule has 88 valence electrons. The van der Waals surface area contributed by atoms with E-state index in [0.29, 0.717) is 16.9 Å². The summed E-state index contributed by atoms with van der Waals surface area (Å²) in [5.74, 6) is -0.324. The van der Waals surface area contributed by atoms with Gasteiger partial charge in [-0.2, -0.15) is 4.79 Å². The van der Waals surface area contributed by atoms with Gasteiger partial charge in [0.05, 0.1) is 11.3 Å². The average molecular weight is 271 g/mol. The SMILES string of the molecule is [N-]=[N+]=C1C=CC2=C(CC(=O)C=C2S(=O)(=O)Cl)C1. The Bertz CT molecular complexity index is 649. The fourth-order valence-corrected chi connectivity index (χ4v) is 2.97. The van der Waals surface area contributed by atoms with Gasteiger partial charge in [0, 0.05) is 29.3 Å². The topological polar surface area (TPSA) is 87.6 Å². The molecule has 0 saturated heterocycles. The molecule has 0 unspecified atom stereocenters. The molecule has 0 fully saturated rings. The Hall–Kier alpha value is -1.49. The first-order valence-corrected chi connectivity index (χ1v) is 7.03. The second-order valence-corrected chi connectivity index (χ2v) is 6.24. The number of nitrogens with zero attached hydrogens (tertiary/aromatic N) is 2. The maximum absolute atomic E-state index is 11.4. The largest absolute Gasteiger partial charge is 0.361 e. The molecule has 0 aromatic carbocycles. The quantitative estimate of drug-likeness (QED) is 0.409. The Labute approximate surface area is 102 Å². The van der Waals surface area contributed by atoms with Crippen LogP contribution >= 0.6 is 10.7 Å². The fourth-order valence-electron chi connectivity index (χ4n) is 1.84. The van der Waals surface area contributed by atoms with Gasteiger partial charge < -0.3 is 5.53 Å². The molecule has 0 aromatic rings. The number of halogens is 1. The van der Waals surface area contributed by atoms with Crippen molar-refractivity contribution in [1.29, 1.82) is 0 Å². The van der Waals surface area contributed by atoms with Gasteiger partial charge in [0.1, 0.15) is 0 Å². The molecule has 0 N–H and O–H groups in total. The van der Waals surface area contributed by atoms with Crippen LogP contribution < -0.4 is 0 Å². The molecule has 2 aliphatic carbocycles. The highest BCUT2D eigenvalue weighted by atomic mass is 35.7. The molecule has 0 aliphatic heterocycles. The van der Waals surface area contributed by atoms with Crippen molar-refractivity contribution in [1.82, 2.24) is 0 Å². The Balaban J connectivity index is 2.58. The standard InChI is InChI=1S/C10H7ClN2O3S/c11-17(15,16)10-5-8(14)4-6-3-7(13-12)1-2-9(6)10/h1-2,5H,3-4H2. The lowest BCUT2D eigenvalue weighted by Gasteiger charge is -2.18. The summed E-state index contributed by atoms with van der Waals surface area (Å²) >= 11 is 0. The zero-order valence-corrected chi connectivity index (χ0v) is 10.1. The first kappa shape index (κ1) is 12.0. The smallest absolute Gasteiger partial charge is 0.296 e. The molecule has 5 nitrogen and oxygen atoms in total. The summed E-state index contributed by atoms with van der Waals surface area (Å²) in [5, 5.41) is 0. The van der Waals surface area contributed by atoms with E-state index in [1.165, 1.54) is 12.2 Å². The number of hydrogen-bond acceptors (Lipinski definition) is 3. The van der Waals surface area contributed by atoms with E-state index in [1.807, 2.05) is 0 Å². The van der Waals surface area contributed by atoms with Gasteiger partial charge in [0.25, 0.3) is 14.8 Å². The number of ketones is 1. The van der Waals surface area contributed by atoms with E-state index < -0.39 is 9.05 Å². The van der Waals surface area contributed by atoms with Crippen molar-refractivity contribution in [3.63, 3.8) is 0 Å². The van der Waals surface area contributed by atoms with Gasteiger partial charge >= 0.3 is 0 Å². The normalized spacial score (nSPS) is 19.9. The summed E-state index contributed by atoms with van der Waals surface area (Å²) in [5.41, 5.74) is 10.0. The number of hydrogen-bond donors (Lipinski definition) is 0. The first-order chi connectivity index (χ1) is 7.91. The highest BCUT2D eigenvalue weighted by Crippen LogP contribution is 2.34. The lowest BCUT2D eigenvalue weighted by Crippen LogP contribution is -2.16. The third kappa shape index (κ3) is 2.29. The van der Waals surface area contributed by atoms with Crippen LogP contribution in [0.1, 0.15) is 12.8 Å². The molecule has 2 aliphatic rings. The van der Waals surface area contributed by atoms with Crippen LogP contribution in [0.3, 0.4) is 0 Å². The highest BCUT2D eigenvalue weighted by molar-refractivity contribution is 8.17. The Kier molecular flexibility index (Phi) is 2.87. The van der Waals surface area contributed by atoms with Gasteiger partial charge in [-0.25, -0.2) is 8.42 Å². The van der Waals surface area contributed by atoms with Gasteiger partial charge in [-0.05, 0) is 17.2 Å². The van der Waals surface area contributed by atoms with Crippen molar-refractivity contribution < 1.29 is 18.0 Å². The van der Waals surface area contributed by atoms with Crippen LogP contribution in [0.5, 0.6) is 0 Å². The van der Waals surface area contributed by atoms with Gasteiger partial charge in [0.2, 0.25) is 0 Å². The van der Waals surface area contributed by atoms with Gasteiger partial charge in [-0.15, -0.1) is 0 Å². The third-order valence-corrected chi connectivity index (χ3v) is 3.92. The van der Waals surface area contributed by atoms with E-state index in [9.17, 15) is 13.2 Å². The van der Waals surface area contributed by atoms with Crippen molar-refractivity contribution in [2.24, 2.45) is 0 Å². The van der Waals surface area contributed by atoms with Gasteiger partial charge in [-0.3, -0.25) is 4.79 Å². The lowest BCUT2D eigenvalue weighted by atomic mass is 9.88. The van der Waals surface area contributed by atoms with Crippen LogP contribution in [0.25, 0.3) is 5.53 Å². The molecule has 0 radical (unpaired) electrons. The zero-order chi connectivity index (χ0) is 12.6. The predicted octanol–water partition coefficient (Wildman–Crippen LogP) is 1.34. The van der Waals surface area contributed by atoms with Crippen molar-refractivity contribution in [3.05, 3.63) is 39.8 Å².